The van der Waals surface area contributed by atoms with E-state index in [1.54, 1.807) is 11.4 Å². The molecular formula is C22H29ClN2O2S. The minimum atomic E-state index is -0.496. The first-order chi connectivity index (χ1) is 13.0. The zero-order valence-electron chi connectivity index (χ0n) is 15.7. The molecule has 2 heterocycles. The van der Waals surface area contributed by atoms with Gasteiger partial charge in [0.15, 0.2) is 0 Å². The topological polar surface area (TPSA) is 49.4 Å². The highest BCUT2D eigenvalue weighted by Gasteiger charge is 2.31. The number of nitrogens with zero attached hydrogens (tertiary/aromatic N) is 1. The fourth-order valence-electron chi connectivity index (χ4n) is 3.50. The number of carbonyl (C=O) groups excluding carboxylic acids is 2. The third kappa shape index (κ3) is 5.36. The molecule has 6 heteroatoms. The van der Waals surface area contributed by atoms with Crippen LogP contribution in [0.15, 0.2) is 41.1 Å². The molecule has 2 amide bonds. The van der Waals surface area contributed by atoms with Crippen LogP contribution in [0.4, 0.5) is 0 Å². The van der Waals surface area contributed by atoms with E-state index in [4.69, 9.17) is 11.6 Å². The third-order valence-corrected chi connectivity index (χ3v) is 6.09. The summed E-state index contributed by atoms with van der Waals surface area (Å²) < 4.78 is 0. The highest BCUT2D eigenvalue weighted by Crippen LogP contribution is 2.29. The summed E-state index contributed by atoms with van der Waals surface area (Å²) in [4.78, 5) is 27.3. The quantitative estimate of drug-likeness (QED) is 0.722. The van der Waals surface area contributed by atoms with Crippen LogP contribution in [0.25, 0.3) is 0 Å². The lowest BCUT2D eigenvalue weighted by Gasteiger charge is -2.35. The number of nitrogens with one attached hydrogen (secondary N) is 1. The lowest BCUT2D eigenvalue weighted by atomic mass is 9.89. The second kappa shape index (κ2) is 10.1. The van der Waals surface area contributed by atoms with Gasteiger partial charge in [-0.15, -0.1) is 0 Å². The molecule has 1 atom stereocenters. The Hall–Kier alpha value is -1.85. The van der Waals surface area contributed by atoms with Crippen molar-refractivity contribution in [1.29, 1.82) is 0 Å². The molecule has 0 spiro atoms. The highest BCUT2D eigenvalue weighted by atomic mass is 35.5. The maximum absolute atomic E-state index is 13.0. The minimum absolute atomic E-state index is 0. The molecule has 0 unspecified atom stereocenters. The number of carbonyl (C=O) groups is 2. The molecule has 4 nitrogen and oxygen atoms in total. The van der Waals surface area contributed by atoms with E-state index < -0.39 is 6.04 Å². The molecule has 3 rings (SSSR count). The zero-order chi connectivity index (χ0) is 19.4. The molecule has 0 aliphatic carbocycles. The summed E-state index contributed by atoms with van der Waals surface area (Å²) in [5.41, 5.74) is 1.89. The summed E-state index contributed by atoms with van der Waals surface area (Å²) >= 11 is 7.45. The average Bonchev–Trinajstić information content (AvgIpc) is 3.21. The van der Waals surface area contributed by atoms with E-state index in [1.165, 1.54) is 16.9 Å². The first-order valence-corrected chi connectivity index (χ1v) is 10.6. The van der Waals surface area contributed by atoms with Crippen LogP contribution in [0.5, 0.6) is 0 Å². The van der Waals surface area contributed by atoms with Gasteiger partial charge in [0.25, 0.3) is 5.91 Å². The first kappa shape index (κ1) is 22.4. The number of hydrogen-bond donors (Lipinski definition) is 1. The van der Waals surface area contributed by atoms with E-state index in [0.717, 1.165) is 17.9 Å². The second-order valence-electron chi connectivity index (χ2n) is 7.36. The van der Waals surface area contributed by atoms with Gasteiger partial charge < -0.3 is 10.2 Å². The Kier molecular flexibility index (Phi) is 8.08. The summed E-state index contributed by atoms with van der Waals surface area (Å²) in [6.07, 6.45) is 1.85. The third-order valence-electron chi connectivity index (χ3n) is 5.15. The van der Waals surface area contributed by atoms with Crippen molar-refractivity contribution in [2.75, 3.05) is 13.1 Å². The van der Waals surface area contributed by atoms with Crippen LogP contribution in [0.1, 0.15) is 56.0 Å². The largest absolute Gasteiger partial charge is 0.341 e. The Balaban J connectivity index is 0.00000280. The molecule has 152 valence electrons. The van der Waals surface area contributed by atoms with Crippen molar-refractivity contribution in [2.24, 2.45) is 5.92 Å². The molecule has 28 heavy (non-hydrogen) atoms. The van der Waals surface area contributed by atoms with Gasteiger partial charge in [-0.05, 0) is 53.8 Å². The maximum Gasteiger partial charge on any atom is 0.252 e. The van der Waals surface area contributed by atoms with E-state index in [9.17, 15) is 9.59 Å². The van der Waals surface area contributed by atoms with Gasteiger partial charge in [-0.3, -0.25) is 9.59 Å². The molecule has 1 saturated heterocycles. The van der Waals surface area contributed by atoms with Crippen molar-refractivity contribution >= 4 is 34.8 Å². The Morgan fingerprint density at radius 1 is 1.14 bits per heavy atom. The van der Waals surface area contributed by atoms with Crippen LogP contribution in [0.3, 0.4) is 0 Å². The van der Waals surface area contributed by atoms with Gasteiger partial charge in [0.05, 0.1) is 5.56 Å². The van der Waals surface area contributed by atoms with Gasteiger partial charge >= 0.3 is 0 Å². The van der Waals surface area contributed by atoms with Gasteiger partial charge in [-0.25, -0.2) is 0 Å². The lowest BCUT2D eigenvalue weighted by molar-refractivity contribution is -0.135. The van der Waals surface area contributed by atoms with Gasteiger partial charge in [-0.2, -0.15) is 11.3 Å². The average molecular weight is 421 g/mol. The molecular weight excluding hydrogens is 392 g/mol. The SMILES string of the molecule is C.CC(C)[C@@H](NC(=O)c1ccsc1)C(=O)N1CCC(c2ccc(Cl)cc2)CC1. The van der Waals surface area contributed by atoms with Gasteiger partial charge in [0.2, 0.25) is 5.91 Å². The lowest BCUT2D eigenvalue weighted by Crippen LogP contribution is -2.52. The van der Waals surface area contributed by atoms with E-state index in [1.807, 2.05) is 36.3 Å². The molecule has 2 aromatic rings. The van der Waals surface area contributed by atoms with Crippen molar-refractivity contribution in [3.63, 3.8) is 0 Å². The standard InChI is InChI=1S/C21H25ClN2O2S.CH4/c1-14(2)19(23-20(25)17-9-12-27-13-17)21(26)24-10-7-16(8-11-24)15-3-5-18(22)6-4-15;/h3-6,9,12-14,16,19H,7-8,10-11H2,1-2H3,(H,23,25);1H4/t19-;/m1./s1. The smallest absolute Gasteiger partial charge is 0.252 e. The van der Waals surface area contributed by atoms with Gasteiger partial charge in [-0.1, -0.05) is 45.0 Å². The van der Waals surface area contributed by atoms with Crippen LogP contribution >= 0.6 is 22.9 Å². The molecule has 0 saturated carbocycles. The number of thiophene rings is 1. The van der Waals surface area contributed by atoms with Gasteiger partial charge in [0.1, 0.15) is 6.04 Å². The summed E-state index contributed by atoms with van der Waals surface area (Å²) in [5.74, 6) is 0.320. The number of halogens is 1. The summed E-state index contributed by atoms with van der Waals surface area (Å²) in [7, 11) is 0. The minimum Gasteiger partial charge on any atom is -0.341 e. The summed E-state index contributed by atoms with van der Waals surface area (Å²) in [5, 5.41) is 7.33. The van der Waals surface area contributed by atoms with Crippen LogP contribution < -0.4 is 5.32 Å². The summed E-state index contributed by atoms with van der Waals surface area (Å²) in [6.45, 7) is 5.36. The van der Waals surface area contributed by atoms with Crippen molar-refractivity contribution < 1.29 is 9.59 Å². The van der Waals surface area contributed by atoms with Crippen LogP contribution in [0, 0.1) is 5.92 Å². The zero-order valence-corrected chi connectivity index (χ0v) is 17.2. The Morgan fingerprint density at radius 2 is 1.79 bits per heavy atom. The monoisotopic (exact) mass is 420 g/mol. The number of likely N-dealkylation sites (tertiary alicyclic amines) is 1. The molecule has 1 aromatic carbocycles. The van der Waals surface area contributed by atoms with Crippen molar-refractivity contribution in [3.05, 3.63) is 57.2 Å². The molecule has 0 bridgehead atoms. The predicted molar refractivity (Wildman–Crippen MR) is 117 cm³/mol. The maximum atomic E-state index is 13.0. The summed E-state index contributed by atoms with van der Waals surface area (Å²) in [6, 6.07) is 9.26. The first-order valence-electron chi connectivity index (χ1n) is 9.33. The Labute approximate surface area is 176 Å². The molecule has 1 aromatic heterocycles. The van der Waals surface area contributed by atoms with Crippen LogP contribution in [-0.2, 0) is 4.79 Å². The van der Waals surface area contributed by atoms with Crippen molar-refractivity contribution in [3.8, 4) is 0 Å². The molecule has 1 aliphatic rings. The number of amides is 2. The predicted octanol–water partition coefficient (Wildman–Crippen LogP) is 5.20. The van der Waals surface area contributed by atoms with Gasteiger partial charge in [0, 0.05) is 23.5 Å². The Morgan fingerprint density at radius 3 is 2.32 bits per heavy atom. The van der Waals surface area contributed by atoms with E-state index >= 15 is 0 Å². The number of benzene rings is 1. The second-order valence-corrected chi connectivity index (χ2v) is 8.57. The fourth-order valence-corrected chi connectivity index (χ4v) is 4.26. The van der Waals surface area contributed by atoms with Crippen LogP contribution in [0.2, 0.25) is 5.02 Å². The number of hydrogen-bond acceptors (Lipinski definition) is 3. The van der Waals surface area contributed by atoms with E-state index in [0.29, 0.717) is 24.6 Å². The Bertz CT molecular complexity index is 766. The molecule has 1 N–H and O–H groups in total. The van der Waals surface area contributed by atoms with E-state index in [2.05, 4.69) is 17.4 Å². The normalized spacial score (nSPS) is 15.8. The molecule has 0 radical (unpaired) electrons. The number of piperidine rings is 1. The number of rotatable bonds is 5. The fraction of sp³-hybridized carbons (Fsp3) is 0.455. The van der Waals surface area contributed by atoms with E-state index in [-0.39, 0.29) is 25.2 Å². The van der Waals surface area contributed by atoms with Crippen LogP contribution in [-0.4, -0.2) is 35.8 Å². The van der Waals surface area contributed by atoms with Crippen molar-refractivity contribution in [2.45, 2.75) is 46.1 Å². The van der Waals surface area contributed by atoms with Crippen molar-refractivity contribution in [1.82, 2.24) is 10.2 Å². The molecule has 1 aliphatic heterocycles. The molecule has 1 fully saturated rings. The highest BCUT2D eigenvalue weighted by molar-refractivity contribution is 7.08.